The van der Waals surface area contributed by atoms with Gasteiger partial charge in [-0.05, 0) is 44.7 Å². The predicted molar refractivity (Wildman–Crippen MR) is 79.1 cm³/mol. The normalized spacial score (nSPS) is 25.5. The van der Waals surface area contributed by atoms with Crippen molar-refractivity contribution < 1.29 is 13.3 Å². The highest BCUT2D eigenvalue weighted by molar-refractivity contribution is 5.11. The number of hydrogen-bond donors (Lipinski definition) is 1. The van der Waals surface area contributed by atoms with Gasteiger partial charge in [0.15, 0.2) is 5.82 Å². The lowest BCUT2D eigenvalue weighted by Gasteiger charge is -2.37. The number of aromatic nitrogens is 2. The number of nitrogens with one attached hydrogen (secondary N) is 1. The zero-order chi connectivity index (χ0) is 15.8. The molecule has 1 saturated heterocycles. The average molecular weight is 313 g/mol. The highest BCUT2D eigenvalue weighted by Gasteiger charge is 2.43. The molecule has 3 rings (SSSR count). The van der Waals surface area contributed by atoms with E-state index in [1.807, 2.05) is 0 Å². The topological polar surface area (TPSA) is 51.0 Å². The Morgan fingerprint density at radius 1 is 1.14 bits per heavy atom. The molecule has 0 bridgehead atoms. The second-order valence-corrected chi connectivity index (χ2v) is 7.15. The molecule has 1 aliphatic carbocycles. The number of alkyl halides is 2. The largest absolute Gasteiger partial charge is 0.339 e. The van der Waals surface area contributed by atoms with Crippen LogP contribution in [0.3, 0.4) is 0 Å². The number of hydrogen-bond acceptors (Lipinski definition) is 4. The minimum Gasteiger partial charge on any atom is -0.339 e. The third kappa shape index (κ3) is 2.90. The molecule has 4 nitrogen and oxygen atoms in total. The Labute approximate surface area is 130 Å². The Balaban J connectivity index is 1.78. The quantitative estimate of drug-likeness (QED) is 0.925. The summed E-state index contributed by atoms with van der Waals surface area (Å²) in [5.74, 6) is -0.751. The van der Waals surface area contributed by atoms with Crippen LogP contribution in [-0.2, 0) is 5.41 Å². The van der Waals surface area contributed by atoms with Gasteiger partial charge < -0.3 is 9.84 Å². The molecule has 0 amide bonds. The molecule has 0 atom stereocenters. The van der Waals surface area contributed by atoms with Crippen molar-refractivity contribution in [3.8, 4) is 0 Å². The first kappa shape index (κ1) is 15.8. The van der Waals surface area contributed by atoms with Crippen molar-refractivity contribution in [2.75, 3.05) is 13.1 Å². The van der Waals surface area contributed by atoms with Gasteiger partial charge in [-0.25, -0.2) is 8.78 Å². The van der Waals surface area contributed by atoms with Gasteiger partial charge in [-0.15, -0.1) is 0 Å². The molecule has 0 spiro atoms. The maximum absolute atomic E-state index is 13.3. The van der Waals surface area contributed by atoms with Gasteiger partial charge in [-0.3, -0.25) is 0 Å². The Hall–Kier alpha value is -1.04. The van der Waals surface area contributed by atoms with Gasteiger partial charge in [0.2, 0.25) is 11.8 Å². The standard InChI is InChI=1S/C16H25F2N3O/c1-11(2)15(7-9-19-10-8-15)14-20-13(21-22-14)12-3-5-16(17,18)6-4-12/h11-12,19H,3-10H2,1-2H3. The van der Waals surface area contributed by atoms with Crippen LogP contribution in [0.25, 0.3) is 0 Å². The van der Waals surface area contributed by atoms with Crippen LogP contribution < -0.4 is 5.32 Å². The lowest BCUT2D eigenvalue weighted by Crippen LogP contribution is -2.43. The van der Waals surface area contributed by atoms with Gasteiger partial charge in [0.25, 0.3) is 0 Å². The van der Waals surface area contributed by atoms with E-state index in [9.17, 15) is 8.78 Å². The third-order valence-electron chi connectivity index (χ3n) is 5.55. The van der Waals surface area contributed by atoms with Crippen LogP contribution in [-0.4, -0.2) is 29.2 Å². The fourth-order valence-corrected chi connectivity index (χ4v) is 3.81. The summed E-state index contributed by atoms with van der Waals surface area (Å²) in [5, 5.41) is 7.51. The van der Waals surface area contributed by atoms with E-state index in [1.165, 1.54) is 0 Å². The lowest BCUT2D eigenvalue weighted by atomic mass is 9.70. The van der Waals surface area contributed by atoms with Crippen LogP contribution in [0, 0.1) is 5.92 Å². The van der Waals surface area contributed by atoms with Crippen LogP contribution >= 0.6 is 0 Å². The molecule has 0 radical (unpaired) electrons. The van der Waals surface area contributed by atoms with E-state index in [0.29, 0.717) is 30.5 Å². The van der Waals surface area contributed by atoms with Crippen LogP contribution in [0.15, 0.2) is 4.52 Å². The van der Waals surface area contributed by atoms with E-state index in [-0.39, 0.29) is 24.2 Å². The summed E-state index contributed by atoms with van der Waals surface area (Å²) >= 11 is 0. The molecule has 1 aromatic heterocycles. The average Bonchev–Trinajstić information content (AvgIpc) is 2.98. The number of halogens is 2. The number of rotatable bonds is 3. The van der Waals surface area contributed by atoms with Crippen LogP contribution in [0.1, 0.15) is 70.0 Å². The molecule has 1 saturated carbocycles. The zero-order valence-electron chi connectivity index (χ0n) is 13.4. The lowest BCUT2D eigenvalue weighted by molar-refractivity contribution is -0.0389. The minimum absolute atomic E-state index is 0.0167. The van der Waals surface area contributed by atoms with Crippen molar-refractivity contribution in [1.82, 2.24) is 15.5 Å². The van der Waals surface area contributed by atoms with E-state index in [4.69, 9.17) is 4.52 Å². The van der Waals surface area contributed by atoms with Gasteiger partial charge in [0, 0.05) is 18.8 Å². The van der Waals surface area contributed by atoms with Crippen LogP contribution in [0.4, 0.5) is 8.78 Å². The van der Waals surface area contributed by atoms with E-state index in [0.717, 1.165) is 25.9 Å². The first-order valence-corrected chi connectivity index (χ1v) is 8.36. The molecule has 0 unspecified atom stereocenters. The molecule has 0 aromatic carbocycles. The maximum Gasteiger partial charge on any atom is 0.248 e. The highest BCUT2D eigenvalue weighted by Crippen LogP contribution is 2.42. The Bertz CT molecular complexity index is 499. The minimum atomic E-state index is -2.52. The zero-order valence-corrected chi connectivity index (χ0v) is 13.4. The molecule has 1 N–H and O–H groups in total. The van der Waals surface area contributed by atoms with Gasteiger partial charge in [0.05, 0.1) is 5.41 Å². The molecule has 2 heterocycles. The molecule has 22 heavy (non-hydrogen) atoms. The summed E-state index contributed by atoms with van der Waals surface area (Å²) in [4.78, 5) is 4.65. The molecular weight excluding hydrogens is 288 g/mol. The monoisotopic (exact) mass is 313 g/mol. The Morgan fingerprint density at radius 2 is 1.77 bits per heavy atom. The molecule has 124 valence electrons. The van der Waals surface area contributed by atoms with Crippen molar-refractivity contribution in [3.05, 3.63) is 11.7 Å². The molecule has 1 aliphatic heterocycles. The smallest absolute Gasteiger partial charge is 0.248 e. The van der Waals surface area contributed by atoms with Crippen molar-refractivity contribution in [2.45, 2.75) is 69.6 Å². The van der Waals surface area contributed by atoms with Gasteiger partial charge in [-0.2, -0.15) is 4.98 Å². The first-order valence-electron chi connectivity index (χ1n) is 8.36. The summed E-state index contributed by atoms with van der Waals surface area (Å²) < 4.78 is 32.2. The fourth-order valence-electron chi connectivity index (χ4n) is 3.81. The van der Waals surface area contributed by atoms with Crippen molar-refractivity contribution >= 4 is 0 Å². The van der Waals surface area contributed by atoms with Crippen LogP contribution in [0.2, 0.25) is 0 Å². The van der Waals surface area contributed by atoms with Crippen molar-refractivity contribution in [2.24, 2.45) is 5.92 Å². The SMILES string of the molecule is CC(C)C1(c2nc(C3CCC(F)(F)CC3)no2)CCNCC1. The maximum atomic E-state index is 13.3. The van der Waals surface area contributed by atoms with E-state index in [1.54, 1.807) is 0 Å². The summed E-state index contributed by atoms with van der Waals surface area (Å²) in [6, 6.07) is 0. The second-order valence-electron chi connectivity index (χ2n) is 7.15. The predicted octanol–water partition coefficient (Wildman–Crippen LogP) is 3.64. The molecule has 1 aromatic rings. The van der Waals surface area contributed by atoms with Gasteiger partial charge in [-0.1, -0.05) is 19.0 Å². The summed E-state index contributed by atoms with van der Waals surface area (Å²) in [5.41, 5.74) is -0.0743. The molecule has 2 fully saturated rings. The summed E-state index contributed by atoms with van der Waals surface area (Å²) in [6.07, 6.45) is 2.72. The van der Waals surface area contributed by atoms with E-state index >= 15 is 0 Å². The Kier molecular flexibility index (Phi) is 4.23. The second kappa shape index (κ2) is 5.87. The van der Waals surface area contributed by atoms with Crippen LogP contribution in [0.5, 0.6) is 0 Å². The molecular formula is C16H25F2N3O. The number of nitrogens with zero attached hydrogens (tertiary/aromatic N) is 2. The fraction of sp³-hybridized carbons (Fsp3) is 0.875. The Morgan fingerprint density at radius 3 is 2.36 bits per heavy atom. The van der Waals surface area contributed by atoms with E-state index in [2.05, 4.69) is 29.3 Å². The number of piperidine rings is 1. The highest BCUT2D eigenvalue weighted by atomic mass is 19.3. The van der Waals surface area contributed by atoms with Gasteiger partial charge in [0.1, 0.15) is 0 Å². The van der Waals surface area contributed by atoms with Crippen molar-refractivity contribution in [1.29, 1.82) is 0 Å². The molecule has 2 aliphatic rings. The first-order chi connectivity index (χ1) is 10.4. The molecule has 6 heteroatoms. The third-order valence-corrected chi connectivity index (χ3v) is 5.55. The summed E-state index contributed by atoms with van der Waals surface area (Å²) in [6.45, 7) is 6.28. The van der Waals surface area contributed by atoms with Gasteiger partial charge >= 0.3 is 0 Å². The summed E-state index contributed by atoms with van der Waals surface area (Å²) in [7, 11) is 0. The van der Waals surface area contributed by atoms with Crippen molar-refractivity contribution in [3.63, 3.8) is 0 Å². The van der Waals surface area contributed by atoms with E-state index < -0.39 is 5.92 Å².